The van der Waals surface area contributed by atoms with E-state index >= 15 is 0 Å². The summed E-state index contributed by atoms with van der Waals surface area (Å²) < 4.78 is 0. The van der Waals surface area contributed by atoms with Gasteiger partial charge in [-0.3, -0.25) is 19.7 Å². The number of carboxylic acid groups (broad SMARTS) is 1. The van der Waals surface area contributed by atoms with E-state index in [1.165, 1.54) is 29.7 Å². The molecule has 1 fully saturated rings. The number of likely N-dealkylation sites (tertiary alicyclic amines) is 1. The third kappa shape index (κ3) is 5.22. The third-order valence-electron chi connectivity index (χ3n) is 6.49. The maximum Gasteiger partial charge on any atom is 0.290 e. The first-order valence-electron chi connectivity index (χ1n) is 11.8. The smallest absolute Gasteiger partial charge is 0.290 e. The molecule has 1 atom stereocenters. The molecule has 5 rings (SSSR count). The monoisotopic (exact) mass is 460 g/mol. The number of nitrogens with zero attached hydrogens (tertiary/aromatic N) is 5. The predicted octanol–water partition coefficient (Wildman–Crippen LogP) is 3.93. The fourth-order valence-electron chi connectivity index (χ4n) is 5.17. The summed E-state index contributed by atoms with van der Waals surface area (Å²) >= 11 is 0. The van der Waals surface area contributed by atoms with Crippen LogP contribution in [0.2, 0.25) is 0 Å². The number of piperidine rings is 1. The van der Waals surface area contributed by atoms with Gasteiger partial charge in [0.15, 0.2) is 5.82 Å². The molecule has 1 unspecified atom stereocenters. The van der Waals surface area contributed by atoms with Crippen molar-refractivity contribution in [2.45, 2.75) is 57.5 Å². The molecule has 4 heterocycles. The molecule has 2 aliphatic rings. The van der Waals surface area contributed by atoms with Gasteiger partial charge in [0.1, 0.15) is 5.82 Å². The van der Waals surface area contributed by atoms with Crippen LogP contribution in [-0.4, -0.2) is 55.5 Å². The van der Waals surface area contributed by atoms with Gasteiger partial charge in [-0.1, -0.05) is 6.07 Å². The number of fused-ring (bicyclic) bond motifs is 2. The zero-order valence-corrected chi connectivity index (χ0v) is 19.8. The molecule has 0 radical (unpaired) electrons. The average Bonchev–Trinajstić information content (AvgIpc) is 3.18. The number of anilines is 1. The molecule has 178 valence electrons. The lowest BCUT2D eigenvalue weighted by molar-refractivity contribution is -0.122. The number of nitrogens with one attached hydrogen (secondary N) is 1. The molecule has 1 aliphatic carbocycles. The summed E-state index contributed by atoms with van der Waals surface area (Å²) in [5.74, 6) is 1.78. The van der Waals surface area contributed by atoms with E-state index < -0.39 is 0 Å². The molecule has 8 heteroatoms. The first-order chi connectivity index (χ1) is 16.5. The zero-order valence-electron chi connectivity index (χ0n) is 19.8. The number of carbonyl (C=O) groups is 1. The Morgan fingerprint density at radius 1 is 1.15 bits per heavy atom. The van der Waals surface area contributed by atoms with Crippen LogP contribution in [0.1, 0.15) is 49.9 Å². The molecule has 1 aliphatic heterocycles. The molecular formula is C26H32N6O2. The first kappa shape index (κ1) is 23.8. The molecular weight excluding hydrogens is 428 g/mol. The van der Waals surface area contributed by atoms with E-state index in [1.807, 2.05) is 36.8 Å². The molecule has 1 spiro atoms. The second-order valence-corrected chi connectivity index (χ2v) is 9.32. The van der Waals surface area contributed by atoms with Gasteiger partial charge in [0, 0.05) is 60.5 Å². The van der Waals surface area contributed by atoms with Gasteiger partial charge < -0.3 is 10.4 Å². The van der Waals surface area contributed by atoms with Gasteiger partial charge in [-0.2, -0.15) is 0 Å². The maximum absolute atomic E-state index is 8.36. The van der Waals surface area contributed by atoms with Gasteiger partial charge in [0.25, 0.3) is 6.47 Å². The van der Waals surface area contributed by atoms with Gasteiger partial charge in [-0.05, 0) is 69.8 Å². The Labute approximate surface area is 200 Å². The van der Waals surface area contributed by atoms with E-state index in [4.69, 9.17) is 19.9 Å². The summed E-state index contributed by atoms with van der Waals surface area (Å²) in [6.45, 7) is 7.20. The fraction of sp³-hybridized carbons (Fsp3) is 0.423. The predicted molar refractivity (Wildman–Crippen MR) is 131 cm³/mol. The van der Waals surface area contributed by atoms with Crippen LogP contribution in [0.25, 0.3) is 11.4 Å². The minimum Gasteiger partial charge on any atom is -0.483 e. The van der Waals surface area contributed by atoms with Crippen LogP contribution in [0.3, 0.4) is 0 Å². The number of pyridine rings is 2. The van der Waals surface area contributed by atoms with Crippen molar-refractivity contribution in [1.29, 1.82) is 0 Å². The van der Waals surface area contributed by atoms with Crippen molar-refractivity contribution in [3.05, 3.63) is 65.9 Å². The number of rotatable bonds is 5. The van der Waals surface area contributed by atoms with Crippen LogP contribution < -0.4 is 5.32 Å². The Kier molecular flexibility index (Phi) is 7.47. The molecule has 0 amide bonds. The fourth-order valence-corrected chi connectivity index (χ4v) is 5.17. The molecule has 8 nitrogen and oxygen atoms in total. The van der Waals surface area contributed by atoms with Crippen LogP contribution in [0.5, 0.6) is 0 Å². The van der Waals surface area contributed by atoms with Crippen molar-refractivity contribution in [2.24, 2.45) is 0 Å². The van der Waals surface area contributed by atoms with Crippen LogP contribution in [0.15, 0.2) is 49.1 Å². The first-order valence-corrected chi connectivity index (χ1v) is 11.8. The minimum atomic E-state index is -0.250. The lowest BCUT2D eigenvalue weighted by Crippen LogP contribution is -2.45. The molecule has 34 heavy (non-hydrogen) atoms. The van der Waals surface area contributed by atoms with Crippen molar-refractivity contribution >= 4 is 12.3 Å². The minimum absolute atomic E-state index is 0.100. The second-order valence-electron chi connectivity index (χ2n) is 9.32. The molecule has 1 saturated heterocycles. The van der Waals surface area contributed by atoms with Gasteiger partial charge in [0.2, 0.25) is 0 Å². The Morgan fingerprint density at radius 2 is 1.91 bits per heavy atom. The topological polar surface area (TPSA) is 104 Å². The molecule has 3 aromatic heterocycles. The van der Waals surface area contributed by atoms with Crippen molar-refractivity contribution in [1.82, 2.24) is 24.8 Å². The van der Waals surface area contributed by atoms with Crippen LogP contribution in [0, 0.1) is 0 Å². The van der Waals surface area contributed by atoms with Gasteiger partial charge in [-0.15, -0.1) is 0 Å². The summed E-state index contributed by atoms with van der Waals surface area (Å²) in [5.41, 5.74) is 4.91. The summed E-state index contributed by atoms with van der Waals surface area (Å²) in [5, 5.41) is 10.5. The SMILES string of the molecule is CC(C)Nc1nc(-c2cccnc2)nc2c1CCC21CCCN(Cc2cccnc2)C1.O=CO. The highest BCUT2D eigenvalue weighted by atomic mass is 16.3. The summed E-state index contributed by atoms with van der Waals surface area (Å²) in [4.78, 5) is 29.6. The van der Waals surface area contributed by atoms with Crippen LogP contribution >= 0.6 is 0 Å². The maximum atomic E-state index is 8.36. The quantitative estimate of drug-likeness (QED) is 0.552. The Balaban J connectivity index is 0.000000868. The summed E-state index contributed by atoms with van der Waals surface area (Å²) in [6.07, 6.45) is 12.0. The molecule has 0 bridgehead atoms. The standard InChI is InChI=1S/C25H30N6.CH2O2/c1-18(2)28-24-21-8-10-25(22(21)29-23(30-24)20-7-4-12-27-15-20)9-5-13-31(17-25)16-19-6-3-11-26-14-19;2-1-3/h3-4,6-7,11-12,14-15,18H,5,8-10,13,16-17H2,1-2H3,(H,28,29,30);1H,(H,2,3). The lowest BCUT2D eigenvalue weighted by Gasteiger charge is -2.40. The van der Waals surface area contributed by atoms with Crippen molar-refractivity contribution in [3.63, 3.8) is 0 Å². The Bertz CT molecular complexity index is 1090. The van der Waals surface area contributed by atoms with E-state index in [0.29, 0.717) is 6.04 Å². The summed E-state index contributed by atoms with van der Waals surface area (Å²) in [6, 6.07) is 8.52. The van der Waals surface area contributed by atoms with Gasteiger partial charge in [-0.25, -0.2) is 9.97 Å². The number of hydrogen-bond donors (Lipinski definition) is 2. The molecule has 0 saturated carbocycles. The Hall–Kier alpha value is -3.39. The van der Waals surface area contributed by atoms with Crippen LogP contribution in [0.4, 0.5) is 5.82 Å². The zero-order chi connectivity index (χ0) is 24.0. The van der Waals surface area contributed by atoms with Gasteiger partial charge >= 0.3 is 0 Å². The van der Waals surface area contributed by atoms with E-state index in [-0.39, 0.29) is 11.9 Å². The van der Waals surface area contributed by atoms with E-state index in [2.05, 4.69) is 40.1 Å². The van der Waals surface area contributed by atoms with Crippen molar-refractivity contribution < 1.29 is 9.90 Å². The van der Waals surface area contributed by atoms with Gasteiger partial charge in [0.05, 0.1) is 5.69 Å². The van der Waals surface area contributed by atoms with E-state index in [1.54, 1.807) is 6.20 Å². The van der Waals surface area contributed by atoms with E-state index in [0.717, 1.165) is 49.7 Å². The largest absolute Gasteiger partial charge is 0.483 e. The van der Waals surface area contributed by atoms with Crippen molar-refractivity contribution in [3.8, 4) is 11.4 Å². The second kappa shape index (κ2) is 10.7. The molecule has 0 aromatic carbocycles. The number of hydrogen-bond acceptors (Lipinski definition) is 7. The normalized spacial score (nSPS) is 19.4. The average molecular weight is 461 g/mol. The van der Waals surface area contributed by atoms with E-state index in [9.17, 15) is 0 Å². The number of aromatic nitrogens is 4. The van der Waals surface area contributed by atoms with Crippen LogP contribution in [-0.2, 0) is 23.2 Å². The third-order valence-corrected chi connectivity index (χ3v) is 6.49. The summed E-state index contributed by atoms with van der Waals surface area (Å²) in [7, 11) is 0. The molecule has 3 aromatic rings. The highest BCUT2D eigenvalue weighted by Gasteiger charge is 2.45. The highest BCUT2D eigenvalue weighted by Crippen LogP contribution is 2.46. The highest BCUT2D eigenvalue weighted by molar-refractivity contribution is 5.61. The Morgan fingerprint density at radius 3 is 2.59 bits per heavy atom. The van der Waals surface area contributed by atoms with Crippen molar-refractivity contribution in [2.75, 3.05) is 18.4 Å². The lowest BCUT2D eigenvalue weighted by atomic mass is 9.77. The molecule has 2 N–H and O–H groups in total.